The number of nitrogens with zero attached hydrogens (tertiary/aromatic N) is 1. The summed E-state index contributed by atoms with van der Waals surface area (Å²) in [6, 6.07) is 10.2. The van der Waals surface area contributed by atoms with Crippen molar-refractivity contribution in [2.24, 2.45) is 0 Å². The highest BCUT2D eigenvalue weighted by Gasteiger charge is 2.23. The fraction of sp³-hybridized carbons (Fsp3) is 0.263. The van der Waals surface area contributed by atoms with Crippen molar-refractivity contribution in [3.05, 3.63) is 63.6 Å². The lowest BCUT2D eigenvalue weighted by molar-refractivity contribution is -0.118. The number of nitrogens with one attached hydrogen (secondary N) is 1. The Bertz CT molecular complexity index is 991. The number of amides is 2. The third-order valence-electron chi connectivity index (χ3n) is 4.37. The number of hydrogen-bond donors (Lipinski definition) is 1. The van der Waals surface area contributed by atoms with E-state index in [1.807, 2.05) is 6.92 Å². The molecule has 0 saturated heterocycles. The molecule has 0 aliphatic rings. The lowest BCUT2D eigenvalue weighted by atomic mass is 10.1. The Kier molecular flexibility index (Phi) is 7.09. The van der Waals surface area contributed by atoms with Crippen LogP contribution >= 0.6 is 23.2 Å². The largest absolute Gasteiger partial charge is 0.358 e. The van der Waals surface area contributed by atoms with Gasteiger partial charge >= 0.3 is 0 Å². The van der Waals surface area contributed by atoms with E-state index in [1.165, 1.54) is 36.2 Å². The molecule has 0 heterocycles. The summed E-state index contributed by atoms with van der Waals surface area (Å²) in [5.74, 6) is -1.55. The predicted octanol–water partition coefficient (Wildman–Crippen LogP) is 3.35. The number of hydrogen-bond acceptors (Lipinski definition) is 4. The lowest BCUT2D eigenvalue weighted by Gasteiger charge is -2.26. The number of sulfone groups is 1. The molecule has 150 valence electrons. The van der Waals surface area contributed by atoms with E-state index in [-0.39, 0.29) is 16.8 Å². The zero-order chi connectivity index (χ0) is 21.1. The Hall–Kier alpha value is -2.09. The first-order valence-corrected chi connectivity index (χ1v) is 10.7. The van der Waals surface area contributed by atoms with Crippen LogP contribution in [-0.2, 0) is 14.6 Å². The number of carbonyl (C=O) groups excluding carboxylic acids is 2. The Morgan fingerprint density at radius 3 is 2.25 bits per heavy atom. The van der Waals surface area contributed by atoms with Gasteiger partial charge in [0.1, 0.15) is 5.75 Å². The highest BCUT2D eigenvalue weighted by molar-refractivity contribution is 7.92. The van der Waals surface area contributed by atoms with Crippen LogP contribution in [0.15, 0.2) is 47.4 Å². The van der Waals surface area contributed by atoms with E-state index in [0.29, 0.717) is 15.6 Å². The van der Waals surface area contributed by atoms with Gasteiger partial charge in [0.15, 0.2) is 9.84 Å². The summed E-state index contributed by atoms with van der Waals surface area (Å²) in [6.07, 6.45) is 0. The molecule has 1 atom stereocenters. The van der Waals surface area contributed by atoms with Gasteiger partial charge in [-0.25, -0.2) is 8.42 Å². The standard InChI is InChI=1S/C19H20Cl2N2O4S/c1-12(16-9-6-14(20)10-17(16)21)23(3)19(25)13-4-7-15(8-5-13)28(26,27)11-18(24)22-2/h4-10,12H,11H2,1-3H3,(H,22,24)/t12-/m1/s1. The van der Waals surface area contributed by atoms with E-state index in [0.717, 1.165) is 5.56 Å². The van der Waals surface area contributed by atoms with Crippen molar-refractivity contribution in [3.63, 3.8) is 0 Å². The second-order valence-corrected chi connectivity index (χ2v) is 9.05. The fourth-order valence-electron chi connectivity index (χ4n) is 2.56. The molecule has 6 nitrogen and oxygen atoms in total. The molecule has 2 aromatic carbocycles. The van der Waals surface area contributed by atoms with E-state index in [4.69, 9.17) is 23.2 Å². The Morgan fingerprint density at radius 1 is 1.11 bits per heavy atom. The summed E-state index contributed by atoms with van der Waals surface area (Å²) in [4.78, 5) is 25.6. The monoisotopic (exact) mass is 442 g/mol. The molecule has 0 saturated carbocycles. The third kappa shape index (κ3) is 5.04. The first-order chi connectivity index (χ1) is 13.1. The van der Waals surface area contributed by atoms with Gasteiger partial charge in [0.05, 0.1) is 10.9 Å². The van der Waals surface area contributed by atoms with Crippen LogP contribution in [0.5, 0.6) is 0 Å². The van der Waals surface area contributed by atoms with Gasteiger partial charge in [-0.2, -0.15) is 0 Å². The molecule has 0 aliphatic heterocycles. The van der Waals surface area contributed by atoms with Crippen molar-refractivity contribution in [1.82, 2.24) is 10.2 Å². The van der Waals surface area contributed by atoms with E-state index >= 15 is 0 Å². The SMILES string of the molecule is CNC(=O)CS(=O)(=O)c1ccc(C(=O)N(C)[C@H](C)c2ccc(Cl)cc2Cl)cc1. The molecule has 0 aromatic heterocycles. The quantitative estimate of drug-likeness (QED) is 0.743. The second kappa shape index (κ2) is 8.94. The third-order valence-corrected chi connectivity index (χ3v) is 6.57. The summed E-state index contributed by atoms with van der Waals surface area (Å²) >= 11 is 12.1. The van der Waals surface area contributed by atoms with Gasteiger partial charge in [-0.05, 0) is 48.9 Å². The van der Waals surface area contributed by atoms with Crippen LogP contribution in [-0.4, -0.2) is 45.0 Å². The average Bonchev–Trinajstić information content (AvgIpc) is 2.66. The van der Waals surface area contributed by atoms with Crippen molar-refractivity contribution in [3.8, 4) is 0 Å². The second-order valence-electron chi connectivity index (χ2n) is 6.21. The zero-order valence-corrected chi connectivity index (χ0v) is 17.9. The topological polar surface area (TPSA) is 83.5 Å². The Morgan fingerprint density at radius 2 is 1.71 bits per heavy atom. The summed E-state index contributed by atoms with van der Waals surface area (Å²) in [5, 5.41) is 3.23. The van der Waals surface area contributed by atoms with Crippen molar-refractivity contribution >= 4 is 44.9 Å². The van der Waals surface area contributed by atoms with Gasteiger partial charge in [0, 0.05) is 29.7 Å². The van der Waals surface area contributed by atoms with Gasteiger partial charge in [0.2, 0.25) is 5.91 Å². The van der Waals surface area contributed by atoms with E-state index in [9.17, 15) is 18.0 Å². The molecule has 0 spiro atoms. The van der Waals surface area contributed by atoms with Crippen LogP contribution in [0.4, 0.5) is 0 Å². The summed E-state index contributed by atoms with van der Waals surface area (Å²) in [5.41, 5.74) is 1.06. The molecule has 2 rings (SSSR count). The Balaban J connectivity index is 2.21. The minimum Gasteiger partial charge on any atom is -0.358 e. The number of benzene rings is 2. The van der Waals surface area contributed by atoms with Gasteiger partial charge in [-0.1, -0.05) is 29.3 Å². The summed E-state index contributed by atoms with van der Waals surface area (Å²) in [6.45, 7) is 1.83. The maximum atomic E-state index is 12.8. The van der Waals surface area contributed by atoms with Crippen LogP contribution in [0.1, 0.15) is 28.9 Å². The summed E-state index contributed by atoms with van der Waals surface area (Å²) in [7, 11) is -0.772. The van der Waals surface area contributed by atoms with E-state index in [1.54, 1.807) is 25.2 Å². The lowest BCUT2D eigenvalue weighted by Crippen LogP contribution is -2.30. The highest BCUT2D eigenvalue weighted by Crippen LogP contribution is 2.30. The minimum absolute atomic E-state index is 0.0240. The highest BCUT2D eigenvalue weighted by atomic mass is 35.5. The maximum absolute atomic E-state index is 12.8. The maximum Gasteiger partial charge on any atom is 0.254 e. The van der Waals surface area contributed by atoms with Crippen molar-refractivity contribution in [2.75, 3.05) is 19.8 Å². The van der Waals surface area contributed by atoms with Crippen LogP contribution in [0.2, 0.25) is 10.0 Å². The van der Waals surface area contributed by atoms with Crippen molar-refractivity contribution < 1.29 is 18.0 Å². The van der Waals surface area contributed by atoms with Crippen LogP contribution < -0.4 is 5.32 Å². The fourth-order valence-corrected chi connectivity index (χ4v) is 4.33. The first-order valence-electron chi connectivity index (χ1n) is 8.32. The van der Waals surface area contributed by atoms with Gasteiger partial charge < -0.3 is 10.2 Å². The minimum atomic E-state index is -3.77. The smallest absolute Gasteiger partial charge is 0.254 e. The molecular formula is C19H20Cl2N2O4S. The molecule has 0 bridgehead atoms. The zero-order valence-electron chi connectivity index (χ0n) is 15.6. The molecule has 0 aliphatic carbocycles. The van der Waals surface area contributed by atoms with Gasteiger partial charge in [0.25, 0.3) is 5.91 Å². The summed E-state index contributed by atoms with van der Waals surface area (Å²) < 4.78 is 24.4. The molecule has 1 N–H and O–H groups in total. The molecule has 9 heteroatoms. The van der Waals surface area contributed by atoms with Crippen molar-refractivity contribution in [1.29, 1.82) is 0 Å². The molecular weight excluding hydrogens is 423 g/mol. The van der Waals surface area contributed by atoms with Crippen LogP contribution in [0, 0.1) is 0 Å². The Labute approximate surface area is 174 Å². The van der Waals surface area contributed by atoms with Gasteiger partial charge in [-0.15, -0.1) is 0 Å². The molecule has 28 heavy (non-hydrogen) atoms. The first kappa shape index (κ1) is 22.2. The number of halogens is 2. The molecule has 2 aromatic rings. The molecule has 0 radical (unpaired) electrons. The van der Waals surface area contributed by atoms with E-state index < -0.39 is 21.5 Å². The average molecular weight is 443 g/mol. The van der Waals surface area contributed by atoms with Crippen LogP contribution in [0.25, 0.3) is 0 Å². The van der Waals surface area contributed by atoms with Crippen LogP contribution in [0.3, 0.4) is 0 Å². The molecule has 2 amide bonds. The van der Waals surface area contributed by atoms with Crippen molar-refractivity contribution in [2.45, 2.75) is 17.9 Å². The molecule has 0 fully saturated rings. The molecule has 0 unspecified atom stereocenters. The van der Waals surface area contributed by atoms with Gasteiger partial charge in [-0.3, -0.25) is 9.59 Å². The van der Waals surface area contributed by atoms with E-state index in [2.05, 4.69) is 5.32 Å². The number of rotatable bonds is 6. The normalized spacial score (nSPS) is 12.3. The predicted molar refractivity (Wildman–Crippen MR) is 110 cm³/mol. The number of carbonyl (C=O) groups is 2.